The van der Waals surface area contributed by atoms with Gasteiger partial charge >= 0.3 is 0 Å². The summed E-state index contributed by atoms with van der Waals surface area (Å²) in [6, 6.07) is 19.2. The van der Waals surface area contributed by atoms with Crippen molar-refractivity contribution in [3.8, 4) is 46.0 Å². The Bertz CT molecular complexity index is 1980. The van der Waals surface area contributed by atoms with E-state index in [0.29, 0.717) is 40.9 Å². The zero-order chi connectivity index (χ0) is 35.9. The molecule has 4 aromatic rings. The second-order valence-corrected chi connectivity index (χ2v) is 14.4. The molecule has 6 bridgehead atoms. The summed E-state index contributed by atoms with van der Waals surface area (Å²) in [6.45, 7) is 4.40. The van der Waals surface area contributed by atoms with E-state index in [-0.39, 0.29) is 12.1 Å². The van der Waals surface area contributed by atoms with E-state index in [9.17, 15) is 0 Å². The number of rotatable bonds is 6. The van der Waals surface area contributed by atoms with Gasteiger partial charge in [0.2, 0.25) is 5.75 Å². The highest BCUT2D eigenvalue weighted by Gasteiger charge is 2.37. The molecular formula is C43H49N3O6. The second kappa shape index (κ2) is 14.4. The fourth-order valence-corrected chi connectivity index (χ4v) is 8.55. The first-order chi connectivity index (χ1) is 25.4. The number of ether oxygens (including phenoxy) is 6. The van der Waals surface area contributed by atoms with E-state index in [0.717, 1.165) is 80.2 Å². The number of likely N-dealkylation sites (N-methyl/N-ethyl adjacent to an activating group) is 2. The maximum absolute atomic E-state index is 7.23. The third-order valence-corrected chi connectivity index (χ3v) is 11.4. The van der Waals surface area contributed by atoms with Crippen molar-refractivity contribution in [2.75, 3.05) is 68.7 Å². The standard InChI is InChI=1S/C43H49N3O6/c1-44-19-15-29-24-37(48-4)39-25-32(29)34(44)21-27-9-12-30(13-10-27)51-38-23-28(11-14-36(38)47-3)22-35-40-31(16-20-45(35)2)33(26-46-17-7-8-18-46)41(49-5)43(50-6)42(40)52-39/h7-14,23-25,34-35H,15-22,26H2,1-6H3/t34-,35-/m0/s1. The van der Waals surface area contributed by atoms with Gasteiger partial charge in [-0.2, -0.15) is 0 Å². The van der Waals surface area contributed by atoms with Crippen molar-refractivity contribution in [3.05, 3.63) is 106 Å². The van der Waals surface area contributed by atoms with Crippen LogP contribution in [0.4, 0.5) is 0 Å². The van der Waals surface area contributed by atoms with Gasteiger partial charge in [0.25, 0.3) is 0 Å². The van der Waals surface area contributed by atoms with Crippen LogP contribution in [0.2, 0.25) is 0 Å². The van der Waals surface area contributed by atoms with Crippen molar-refractivity contribution in [3.63, 3.8) is 0 Å². The first kappa shape index (κ1) is 34.4. The molecule has 0 fully saturated rings. The molecule has 0 N–H and O–H groups in total. The van der Waals surface area contributed by atoms with E-state index in [2.05, 4.69) is 89.5 Å². The Balaban J connectivity index is 1.37. The molecule has 9 rings (SSSR count). The van der Waals surface area contributed by atoms with Gasteiger partial charge in [-0.1, -0.05) is 30.4 Å². The van der Waals surface area contributed by atoms with Gasteiger partial charge in [-0.3, -0.25) is 14.7 Å². The summed E-state index contributed by atoms with van der Waals surface area (Å²) in [4.78, 5) is 7.30. The molecule has 0 saturated carbocycles. The largest absolute Gasteiger partial charge is 0.493 e. The van der Waals surface area contributed by atoms with Crippen LogP contribution in [0.5, 0.6) is 46.0 Å². The lowest BCUT2D eigenvalue weighted by Crippen LogP contribution is -2.35. The summed E-state index contributed by atoms with van der Waals surface area (Å²) in [5.74, 6) is 5.54. The van der Waals surface area contributed by atoms with Gasteiger partial charge in [-0.15, -0.1) is 0 Å². The summed E-state index contributed by atoms with van der Waals surface area (Å²) >= 11 is 0. The molecule has 0 spiro atoms. The summed E-state index contributed by atoms with van der Waals surface area (Å²) in [7, 11) is 11.3. The third-order valence-electron chi connectivity index (χ3n) is 11.4. The van der Waals surface area contributed by atoms with E-state index >= 15 is 0 Å². The number of hydrogen-bond donors (Lipinski definition) is 0. The molecule has 0 unspecified atom stereocenters. The highest BCUT2D eigenvalue weighted by atomic mass is 16.5. The van der Waals surface area contributed by atoms with Gasteiger partial charge < -0.3 is 28.4 Å². The molecule has 4 aromatic carbocycles. The average molecular weight is 704 g/mol. The van der Waals surface area contributed by atoms with Crippen molar-refractivity contribution in [1.29, 1.82) is 0 Å². The highest BCUT2D eigenvalue weighted by molar-refractivity contribution is 5.67. The maximum Gasteiger partial charge on any atom is 0.204 e. The predicted octanol–water partition coefficient (Wildman–Crippen LogP) is 7.53. The molecule has 52 heavy (non-hydrogen) atoms. The highest BCUT2D eigenvalue weighted by Crippen LogP contribution is 2.54. The Kier molecular flexibility index (Phi) is 9.51. The predicted molar refractivity (Wildman–Crippen MR) is 202 cm³/mol. The average Bonchev–Trinajstić information content (AvgIpc) is 3.68. The molecule has 0 amide bonds. The van der Waals surface area contributed by atoms with Crippen LogP contribution in [0.3, 0.4) is 0 Å². The van der Waals surface area contributed by atoms with Gasteiger partial charge in [0.15, 0.2) is 34.5 Å². The van der Waals surface area contributed by atoms with Crippen LogP contribution >= 0.6 is 0 Å². The van der Waals surface area contributed by atoms with Gasteiger partial charge in [-0.05, 0) is 104 Å². The molecule has 9 heteroatoms. The van der Waals surface area contributed by atoms with Crippen LogP contribution < -0.4 is 28.4 Å². The topological polar surface area (TPSA) is 65.1 Å². The van der Waals surface area contributed by atoms with Crippen LogP contribution in [0.1, 0.15) is 51.0 Å². The minimum atomic E-state index is -0.0316. The summed E-state index contributed by atoms with van der Waals surface area (Å²) in [6.07, 6.45) is 7.81. The number of fused-ring (bicyclic) bond motifs is 2. The van der Waals surface area contributed by atoms with E-state index in [1.165, 1.54) is 22.3 Å². The van der Waals surface area contributed by atoms with Crippen molar-refractivity contribution < 1.29 is 28.4 Å². The SMILES string of the molecule is COc1ccc2cc1Oc1ccc(cc1)C[C@H]1c3cc(c(OC)cc3CCN1C)Oc1c(OC)c(OC)c(CN3CC=CC3)c3c1[C@H](C2)N(C)CC3. The second-order valence-electron chi connectivity index (χ2n) is 14.4. The Morgan fingerprint density at radius 2 is 1.35 bits per heavy atom. The van der Waals surface area contributed by atoms with E-state index in [4.69, 9.17) is 28.4 Å². The van der Waals surface area contributed by atoms with Gasteiger partial charge in [0, 0.05) is 55.9 Å². The number of nitrogens with zero attached hydrogens (tertiary/aromatic N) is 3. The minimum Gasteiger partial charge on any atom is -0.493 e. The Morgan fingerprint density at radius 3 is 2.08 bits per heavy atom. The van der Waals surface area contributed by atoms with Crippen molar-refractivity contribution in [2.24, 2.45) is 0 Å². The Hall–Kier alpha value is -4.70. The van der Waals surface area contributed by atoms with E-state index in [1.54, 1.807) is 28.4 Å². The van der Waals surface area contributed by atoms with E-state index in [1.807, 2.05) is 6.07 Å². The number of methoxy groups -OCH3 is 4. The maximum atomic E-state index is 7.23. The molecule has 0 saturated heterocycles. The fraction of sp³-hybridized carbons (Fsp3) is 0.395. The molecule has 9 nitrogen and oxygen atoms in total. The minimum absolute atomic E-state index is 0.0316. The number of hydrogen-bond acceptors (Lipinski definition) is 9. The van der Waals surface area contributed by atoms with Crippen molar-refractivity contribution in [2.45, 2.75) is 44.3 Å². The molecule has 0 aromatic heterocycles. The third kappa shape index (κ3) is 6.25. The van der Waals surface area contributed by atoms with Crippen LogP contribution in [0.25, 0.3) is 0 Å². The van der Waals surface area contributed by atoms with Crippen LogP contribution in [-0.2, 0) is 32.2 Å². The zero-order valence-electron chi connectivity index (χ0n) is 31.2. The van der Waals surface area contributed by atoms with Crippen LogP contribution in [0, 0.1) is 0 Å². The van der Waals surface area contributed by atoms with Gasteiger partial charge in [0.1, 0.15) is 5.75 Å². The lowest BCUT2D eigenvalue weighted by Gasteiger charge is -2.39. The fourth-order valence-electron chi connectivity index (χ4n) is 8.55. The molecule has 5 heterocycles. The van der Waals surface area contributed by atoms with Gasteiger partial charge in [0.05, 0.1) is 28.4 Å². The molecule has 0 radical (unpaired) electrons. The van der Waals surface area contributed by atoms with Crippen LogP contribution in [0.15, 0.2) is 66.7 Å². The Morgan fingerprint density at radius 1 is 0.673 bits per heavy atom. The smallest absolute Gasteiger partial charge is 0.204 e. The molecular weight excluding hydrogens is 654 g/mol. The monoisotopic (exact) mass is 703 g/mol. The summed E-state index contributed by atoms with van der Waals surface area (Å²) in [5.41, 5.74) is 8.43. The molecule has 5 aliphatic rings. The number of benzene rings is 4. The first-order valence-electron chi connectivity index (χ1n) is 18.3. The summed E-state index contributed by atoms with van der Waals surface area (Å²) < 4.78 is 38.2. The molecule has 2 atom stereocenters. The quantitative estimate of drug-likeness (QED) is 0.190. The summed E-state index contributed by atoms with van der Waals surface area (Å²) in [5, 5.41) is 0. The lowest BCUT2D eigenvalue weighted by molar-refractivity contribution is 0.217. The zero-order valence-corrected chi connectivity index (χ0v) is 31.2. The van der Waals surface area contributed by atoms with Crippen LogP contribution in [-0.4, -0.2) is 83.4 Å². The molecule has 272 valence electrons. The lowest BCUT2D eigenvalue weighted by atomic mass is 9.84. The van der Waals surface area contributed by atoms with E-state index < -0.39 is 0 Å². The molecule has 0 aliphatic carbocycles. The molecule has 5 aliphatic heterocycles. The Labute approximate surface area is 307 Å². The normalized spacial score (nSPS) is 20.0. The first-order valence-corrected chi connectivity index (χ1v) is 18.3. The van der Waals surface area contributed by atoms with Gasteiger partial charge in [-0.25, -0.2) is 0 Å². The van der Waals surface area contributed by atoms with Crippen molar-refractivity contribution in [1.82, 2.24) is 14.7 Å². The van der Waals surface area contributed by atoms with Crippen molar-refractivity contribution >= 4 is 0 Å².